The van der Waals surface area contributed by atoms with E-state index in [-0.39, 0.29) is 11.9 Å². The number of carbonyl (C=O) groups excluding carboxylic acids is 1. The number of hydrogen-bond donors (Lipinski definition) is 0. The number of pyridine rings is 1. The Labute approximate surface area is 177 Å². The monoisotopic (exact) mass is 406 g/mol. The number of fused-ring (bicyclic) bond motifs is 1. The van der Waals surface area contributed by atoms with E-state index in [0.29, 0.717) is 23.9 Å². The molecule has 1 saturated carbocycles. The Bertz CT molecular complexity index is 1020. The van der Waals surface area contributed by atoms with Crippen molar-refractivity contribution in [2.45, 2.75) is 64.6 Å². The minimum absolute atomic E-state index is 0.0672. The van der Waals surface area contributed by atoms with Gasteiger partial charge in [-0.2, -0.15) is 0 Å². The Hall–Kier alpha value is -2.89. The number of nitrogens with zero attached hydrogens (tertiary/aromatic N) is 4. The highest BCUT2D eigenvalue weighted by Crippen LogP contribution is 2.29. The van der Waals surface area contributed by atoms with Crippen LogP contribution in [0.15, 0.2) is 42.9 Å². The minimum Gasteiger partial charge on any atom is -0.496 e. The summed E-state index contributed by atoms with van der Waals surface area (Å²) >= 11 is 0. The van der Waals surface area contributed by atoms with Crippen LogP contribution in [0.3, 0.4) is 0 Å². The summed E-state index contributed by atoms with van der Waals surface area (Å²) in [6.07, 6.45) is 9.39. The molecule has 0 N–H and O–H groups in total. The van der Waals surface area contributed by atoms with Gasteiger partial charge in [-0.3, -0.25) is 4.79 Å². The molecule has 3 aromatic rings. The zero-order valence-electron chi connectivity index (χ0n) is 18.0. The minimum atomic E-state index is 0.0672. The number of aromatic nitrogens is 3. The van der Waals surface area contributed by atoms with Crippen molar-refractivity contribution < 1.29 is 9.53 Å². The number of ether oxygens (including phenoxy) is 1. The maximum atomic E-state index is 13.5. The maximum absolute atomic E-state index is 13.5. The molecule has 0 atom stereocenters. The van der Waals surface area contributed by atoms with Gasteiger partial charge in [0, 0.05) is 24.8 Å². The molecule has 0 radical (unpaired) electrons. The van der Waals surface area contributed by atoms with E-state index in [1.54, 1.807) is 19.6 Å². The van der Waals surface area contributed by atoms with Gasteiger partial charge in [-0.1, -0.05) is 25.3 Å². The lowest BCUT2D eigenvalue weighted by molar-refractivity contribution is 0.0552. The Morgan fingerprint density at radius 3 is 2.73 bits per heavy atom. The fourth-order valence-electron chi connectivity index (χ4n) is 4.55. The average molecular weight is 407 g/mol. The maximum Gasteiger partial charge on any atom is 0.258 e. The van der Waals surface area contributed by atoms with E-state index in [0.717, 1.165) is 29.6 Å². The normalized spacial score (nSPS) is 14.9. The fraction of sp³-hybridized carbons (Fsp3) is 0.458. The summed E-state index contributed by atoms with van der Waals surface area (Å²) < 4.78 is 7.70. The number of rotatable bonds is 6. The topological polar surface area (TPSA) is 60.2 Å². The first-order chi connectivity index (χ1) is 14.6. The largest absolute Gasteiger partial charge is 0.496 e. The number of benzene rings is 1. The lowest BCUT2D eigenvalue weighted by Crippen LogP contribution is -2.45. The van der Waals surface area contributed by atoms with Gasteiger partial charge in [-0.05, 0) is 56.5 Å². The molecule has 6 nitrogen and oxygen atoms in total. The molecule has 0 saturated heterocycles. The Kier molecular flexibility index (Phi) is 6.02. The Balaban J connectivity index is 1.60. The first-order valence-corrected chi connectivity index (χ1v) is 10.8. The molecule has 1 aromatic carbocycles. The molecule has 1 fully saturated rings. The van der Waals surface area contributed by atoms with Gasteiger partial charge in [-0.25, -0.2) is 9.97 Å². The van der Waals surface area contributed by atoms with E-state index >= 15 is 0 Å². The lowest BCUT2D eigenvalue weighted by atomic mass is 9.92. The third kappa shape index (κ3) is 4.04. The van der Waals surface area contributed by atoms with Crippen LogP contribution in [-0.2, 0) is 6.54 Å². The quantitative estimate of drug-likeness (QED) is 0.597. The Morgan fingerprint density at radius 1 is 1.20 bits per heavy atom. The molecule has 2 heterocycles. The van der Waals surface area contributed by atoms with Gasteiger partial charge in [0.15, 0.2) is 5.65 Å². The SMILES string of the molecule is COc1cc(Cn2cnc3ncccc32)ccc1C(=O)N(C(C)C)C1CCCCC1. The summed E-state index contributed by atoms with van der Waals surface area (Å²) in [5, 5.41) is 0. The van der Waals surface area contributed by atoms with Crippen LogP contribution >= 0.6 is 0 Å². The van der Waals surface area contributed by atoms with Gasteiger partial charge in [0.05, 0.1) is 24.5 Å². The van der Waals surface area contributed by atoms with Gasteiger partial charge in [0.2, 0.25) is 0 Å². The van der Waals surface area contributed by atoms with Crippen LogP contribution in [0.25, 0.3) is 11.2 Å². The average Bonchev–Trinajstić information content (AvgIpc) is 3.17. The molecule has 0 aliphatic heterocycles. The van der Waals surface area contributed by atoms with Crippen molar-refractivity contribution in [1.82, 2.24) is 19.4 Å². The van der Waals surface area contributed by atoms with Crippen LogP contribution in [0.5, 0.6) is 5.75 Å². The smallest absolute Gasteiger partial charge is 0.258 e. The van der Waals surface area contributed by atoms with Gasteiger partial charge in [0.1, 0.15) is 5.75 Å². The van der Waals surface area contributed by atoms with Crippen molar-refractivity contribution in [2.24, 2.45) is 0 Å². The van der Waals surface area contributed by atoms with Gasteiger partial charge in [0.25, 0.3) is 5.91 Å². The fourth-order valence-corrected chi connectivity index (χ4v) is 4.55. The van der Waals surface area contributed by atoms with E-state index in [1.165, 1.54) is 19.3 Å². The number of imidazole rings is 1. The van der Waals surface area contributed by atoms with Crippen LogP contribution in [-0.4, -0.2) is 44.5 Å². The highest BCUT2D eigenvalue weighted by molar-refractivity contribution is 5.97. The first kappa shape index (κ1) is 20.4. The second kappa shape index (κ2) is 8.86. The third-order valence-corrected chi connectivity index (χ3v) is 6.00. The molecule has 0 bridgehead atoms. The summed E-state index contributed by atoms with van der Waals surface area (Å²) in [6.45, 7) is 4.85. The molecule has 1 amide bonds. The summed E-state index contributed by atoms with van der Waals surface area (Å²) in [6, 6.07) is 10.3. The standard InChI is InChI=1S/C24H30N4O2/c1-17(2)28(19-8-5-4-6-9-19)24(29)20-12-11-18(14-22(20)30-3)15-27-16-26-23-21(27)10-7-13-25-23/h7,10-14,16-17,19H,4-6,8-9,15H2,1-3H3. The summed E-state index contributed by atoms with van der Waals surface area (Å²) in [5.74, 6) is 0.694. The van der Waals surface area contributed by atoms with Gasteiger partial charge in [-0.15, -0.1) is 0 Å². The van der Waals surface area contributed by atoms with E-state index in [2.05, 4.69) is 33.3 Å². The number of carbonyl (C=O) groups is 1. The molecule has 1 aliphatic rings. The molecule has 0 unspecified atom stereocenters. The van der Waals surface area contributed by atoms with Gasteiger partial charge >= 0.3 is 0 Å². The molecule has 30 heavy (non-hydrogen) atoms. The number of hydrogen-bond acceptors (Lipinski definition) is 4. The van der Waals surface area contributed by atoms with Crippen molar-refractivity contribution in [3.63, 3.8) is 0 Å². The first-order valence-electron chi connectivity index (χ1n) is 10.8. The van der Waals surface area contributed by atoms with Crippen molar-refractivity contribution in [2.75, 3.05) is 7.11 Å². The number of methoxy groups -OCH3 is 1. The van der Waals surface area contributed by atoms with Crippen LogP contribution in [0.2, 0.25) is 0 Å². The molecule has 1 aliphatic carbocycles. The highest BCUT2D eigenvalue weighted by atomic mass is 16.5. The van der Waals surface area contributed by atoms with E-state index < -0.39 is 0 Å². The third-order valence-electron chi connectivity index (χ3n) is 6.00. The summed E-state index contributed by atoms with van der Waals surface area (Å²) in [5.41, 5.74) is 3.41. The second-order valence-electron chi connectivity index (χ2n) is 8.35. The molecular formula is C24H30N4O2. The van der Waals surface area contributed by atoms with Crippen LogP contribution in [0.1, 0.15) is 61.9 Å². The van der Waals surface area contributed by atoms with Crippen molar-refractivity contribution in [3.05, 3.63) is 54.0 Å². The van der Waals surface area contributed by atoms with E-state index in [9.17, 15) is 4.79 Å². The molecule has 2 aromatic heterocycles. The zero-order chi connectivity index (χ0) is 21.1. The number of amides is 1. The molecule has 158 valence electrons. The summed E-state index contributed by atoms with van der Waals surface area (Å²) in [7, 11) is 1.63. The zero-order valence-corrected chi connectivity index (χ0v) is 18.0. The summed E-state index contributed by atoms with van der Waals surface area (Å²) in [4.78, 5) is 24.2. The van der Waals surface area contributed by atoms with Crippen molar-refractivity contribution in [1.29, 1.82) is 0 Å². The van der Waals surface area contributed by atoms with E-state index in [4.69, 9.17) is 4.74 Å². The van der Waals surface area contributed by atoms with Crippen molar-refractivity contribution in [3.8, 4) is 5.75 Å². The van der Waals surface area contributed by atoms with Crippen LogP contribution in [0, 0.1) is 0 Å². The van der Waals surface area contributed by atoms with E-state index in [1.807, 2.05) is 30.3 Å². The predicted octanol–water partition coefficient (Wildman–Crippen LogP) is 4.67. The second-order valence-corrected chi connectivity index (χ2v) is 8.35. The van der Waals surface area contributed by atoms with Crippen LogP contribution < -0.4 is 4.74 Å². The molecule has 4 rings (SSSR count). The Morgan fingerprint density at radius 2 is 2.00 bits per heavy atom. The van der Waals surface area contributed by atoms with Crippen molar-refractivity contribution >= 4 is 17.1 Å². The molecule has 0 spiro atoms. The van der Waals surface area contributed by atoms with Gasteiger partial charge < -0.3 is 14.2 Å². The highest BCUT2D eigenvalue weighted by Gasteiger charge is 2.30. The molecular weight excluding hydrogens is 376 g/mol. The lowest BCUT2D eigenvalue weighted by Gasteiger charge is -2.37. The predicted molar refractivity (Wildman–Crippen MR) is 118 cm³/mol. The molecule has 6 heteroatoms. The van der Waals surface area contributed by atoms with Crippen LogP contribution in [0.4, 0.5) is 0 Å².